The summed E-state index contributed by atoms with van der Waals surface area (Å²) < 4.78 is 6.91. The van der Waals surface area contributed by atoms with Gasteiger partial charge in [0.2, 0.25) is 0 Å². The van der Waals surface area contributed by atoms with Gasteiger partial charge in [0, 0.05) is 26.1 Å². The van der Waals surface area contributed by atoms with Gasteiger partial charge >= 0.3 is 12.0 Å². The Hall–Kier alpha value is -3.43. The quantitative estimate of drug-likeness (QED) is 0.136. The molecule has 10 heteroatoms. The molecule has 40 heavy (non-hydrogen) atoms. The van der Waals surface area contributed by atoms with Gasteiger partial charge in [0.05, 0.1) is 24.6 Å². The van der Waals surface area contributed by atoms with Crippen LogP contribution in [0.2, 0.25) is 0 Å². The predicted octanol–water partition coefficient (Wildman–Crippen LogP) is 6.19. The van der Waals surface area contributed by atoms with E-state index in [1.54, 1.807) is 34.6 Å². The van der Waals surface area contributed by atoms with Gasteiger partial charge in [-0.2, -0.15) is 11.3 Å². The zero-order chi connectivity index (χ0) is 27.8. The number of nitrogens with zero attached hydrogens (tertiary/aromatic N) is 4. The standard InChI is InChI=1S/C30H36N4O4S.ClH/c1-4-6-8-27-31-19-25(34(27)20-22-9-11-24(12-10-22)29(36)38-3)18-26-28(35)33(15-7-5-2)30(37)32(26)16-13-23-14-17-39-21-23;/h9-12,14,17-19,21H,4-8,13,15-16,20H2,1-3H3;1H. The second-order valence-corrected chi connectivity index (χ2v) is 10.4. The first-order valence-electron chi connectivity index (χ1n) is 13.5. The summed E-state index contributed by atoms with van der Waals surface area (Å²) in [5.74, 6) is 0.284. The molecular formula is C30H37ClN4O4S. The Balaban J connectivity index is 0.00000441. The molecular weight excluding hydrogens is 548 g/mol. The van der Waals surface area contributed by atoms with E-state index in [1.807, 2.05) is 36.6 Å². The molecule has 0 aliphatic carbocycles. The number of thiophene rings is 1. The van der Waals surface area contributed by atoms with Crippen molar-refractivity contribution >= 4 is 47.7 Å². The molecule has 3 aromatic rings. The number of urea groups is 1. The molecule has 0 bridgehead atoms. The van der Waals surface area contributed by atoms with E-state index in [9.17, 15) is 14.4 Å². The van der Waals surface area contributed by atoms with E-state index in [-0.39, 0.29) is 30.3 Å². The van der Waals surface area contributed by atoms with Gasteiger partial charge < -0.3 is 9.30 Å². The number of unbranched alkanes of at least 4 members (excludes halogenated alkanes) is 2. The Morgan fingerprint density at radius 1 is 0.975 bits per heavy atom. The fraction of sp³-hybridized carbons (Fsp3) is 0.400. The van der Waals surface area contributed by atoms with Crippen molar-refractivity contribution in [3.05, 3.63) is 81.2 Å². The lowest BCUT2D eigenvalue weighted by Gasteiger charge is -2.17. The van der Waals surface area contributed by atoms with Crippen LogP contribution in [0, 0.1) is 0 Å². The number of aryl methyl sites for hydroxylation is 1. The molecule has 1 aliphatic rings. The molecule has 1 aromatic carbocycles. The van der Waals surface area contributed by atoms with Crippen LogP contribution in [-0.4, -0.2) is 57.5 Å². The molecule has 0 unspecified atom stereocenters. The molecule has 3 heterocycles. The highest BCUT2D eigenvalue weighted by Crippen LogP contribution is 2.26. The highest BCUT2D eigenvalue weighted by atomic mass is 35.5. The highest BCUT2D eigenvalue weighted by Gasteiger charge is 2.40. The van der Waals surface area contributed by atoms with Gasteiger partial charge in [-0.25, -0.2) is 14.6 Å². The monoisotopic (exact) mass is 584 g/mol. The number of hydrogen-bond acceptors (Lipinski definition) is 6. The normalized spacial score (nSPS) is 14.2. The molecule has 0 radical (unpaired) electrons. The number of benzene rings is 1. The SMILES string of the molecule is CCCCc1ncc(C=C2C(=O)N(CCCC)C(=O)N2CCc2ccsc2)n1Cc1ccc(C(=O)OC)cc1.Cl. The smallest absolute Gasteiger partial charge is 0.337 e. The van der Waals surface area contributed by atoms with Crippen molar-refractivity contribution in [2.75, 3.05) is 20.2 Å². The first-order chi connectivity index (χ1) is 19.0. The van der Waals surface area contributed by atoms with Crippen molar-refractivity contribution in [3.8, 4) is 0 Å². The number of ether oxygens (including phenoxy) is 1. The van der Waals surface area contributed by atoms with Gasteiger partial charge in [-0.3, -0.25) is 14.6 Å². The third kappa shape index (κ3) is 7.20. The number of aromatic nitrogens is 2. The van der Waals surface area contributed by atoms with E-state index in [0.29, 0.717) is 37.3 Å². The van der Waals surface area contributed by atoms with E-state index >= 15 is 0 Å². The van der Waals surface area contributed by atoms with Crippen molar-refractivity contribution in [3.63, 3.8) is 0 Å². The highest BCUT2D eigenvalue weighted by molar-refractivity contribution is 7.07. The molecule has 2 aromatic heterocycles. The number of rotatable bonds is 13. The maximum Gasteiger partial charge on any atom is 0.337 e. The zero-order valence-electron chi connectivity index (χ0n) is 23.3. The van der Waals surface area contributed by atoms with Crippen molar-refractivity contribution in [2.45, 2.75) is 58.9 Å². The van der Waals surface area contributed by atoms with Crippen LogP contribution >= 0.6 is 23.7 Å². The van der Waals surface area contributed by atoms with Gasteiger partial charge in [0.25, 0.3) is 5.91 Å². The lowest BCUT2D eigenvalue weighted by Crippen LogP contribution is -2.34. The van der Waals surface area contributed by atoms with Crippen LogP contribution in [-0.2, 0) is 28.9 Å². The van der Waals surface area contributed by atoms with Crippen LogP contribution in [0.3, 0.4) is 0 Å². The van der Waals surface area contributed by atoms with Crippen molar-refractivity contribution < 1.29 is 19.1 Å². The van der Waals surface area contributed by atoms with Crippen LogP contribution in [0.5, 0.6) is 0 Å². The van der Waals surface area contributed by atoms with E-state index in [2.05, 4.69) is 16.9 Å². The average Bonchev–Trinajstić information content (AvgIpc) is 3.66. The summed E-state index contributed by atoms with van der Waals surface area (Å²) in [5, 5.41) is 4.09. The topological polar surface area (TPSA) is 84.7 Å². The van der Waals surface area contributed by atoms with Crippen LogP contribution in [0.4, 0.5) is 4.79 Å². The minimum atomic E-state index is -0.377. The largest absolute Gasteiger partial charge is 0.465 e. The summed E-state index contributed by atoms with van der Waals surface area (Å²) in [7, 11) is 1.36. The Bertz CT molecular complexity index is 1320. The van der Waals surface area contributed by atoms with E-state index in [1.165, 1.54) is 12.0 Å². The number of amides is 3. The molecule has 0 saturated carbocycles. The van der Waals surface area contributed by atoms with Gasteiger partial charge in [-0.05, 0) is 65.4 Å². The van der Waals surface area contributed by atoms with E-state index in [4.69, 9.17) is 9.72 Å². The molecule has 0 N–H and O–H groups in total. The Morgan fingerprint density at radius 2 is 1.73 bits per heavy atom. The first kappa shape index (κ1) is 31.1. The van der Waals surface area contributed by atoms with Crippen molar-refractivity contribution in [2.24, 2.45) is 0 Å². The van der Waals surface area contributed by atoms with Crippen LogP contribution in [0.1, 0.15) is 72.5 Å². The van der Waals surface area contributed by atoms with Gasteiger partial charge in [0.1, 0.15) is 11.5 Å². The molecule has 3 amide bonds. The van der Waals surface area contributed by atoms with Crippen LogP contribution in [0.15, 0.2) is 53.0 Å². The average molecular weight is 585 g/mol. The fourth-order valence-corrected chi connectivity index (χ4v) is 5.29. The van der Waals surface area contributed by atoms with E-state index < -0.39 is 0 Å². The number of carbonyl (C=O) groups excluding carboxylic acids is 3. The van der Waals surface area contributed by atoms with Crippen LogP contribution < -0.4 is 0 Å². The number of imide groups is 1. The maximum atomic E-state index is 13.5. The fourth-order valence-electron chi connectivity index (χ4n) is 4.58. The summed E-state index contributed by atoms with van der Waals surface area (Å²) in [5.41, 5.74) is 3.78. The number of imidazole rings is 1. The minimum Gasteiger partial charge on any atom is -0.465 e. The maximum absolute atomic E-state index is 13.5. The number of carbonyl (C=O) groups is 3. The molecule has 0 atom stereocenters. The Kier molecular flexibility index (Phi) is 11.5. The number of halogens is 1. The van der Waals surface area contributed by atoms with Crippen molar-refractivity contribution in [1.29, 1.82) is 0 Å². The van der Waals surface area contributed by atoms with Gasteiger partial charge in [-0.15, -0.1) is 12.4 Å². The molecule has 8 nitrogen and oxygen atoms in total. The third-order valence-corrected chi connectivity index (χ3v) is 7.61. The second kappa shape index (κ2) is 14.8. The predicted molar refractivity (Wildman–Crippen MR) is 160 cm³/mol. The summed E-state index contributed by atoms with van der Waals surface area (Å²) in [6.07, 6.45) is 8.76. The second-order valence-electron chi connectivity index (χ2n) is 9.63. The van der Waals surface area contributed by atoms with Crippen molar-refractivity contribution in [1.82, 2.24) is 19.4 Å². The third-order valence-electron chi connectivity index (χ3n) is 6.88. The number of methoxy groups -OCH3 is 1. The molecule has 4 rings (SSSR count). The summed E-state index contributed by atoms with van der Waals surface area (Å²) in [6.45, 7) is 5.55. The van der Waals surface area contributed by atoms with Gasteiger partial charge in [-0.1, -0.05) is 38.8 Å². The lowest BCUT2D eigenvalue weighted by atomic mass is 10.1. The van der Waals surface area contributed by atoms with Crippen LogP contribution in [0.25, 0.3) is 6.08 Å². The number of hydrogen-bond donors (Lipinski definition) is 0. The molecule has 214 valence electrons. The zero-order valence-corrected chi connectivity index (χ0v) is 24.9. The van der Waals surface area contributed by atoms with Gasteiger partial charge in [0.15, 0.2) is 0 Å². The molecule has 1 fully saturated rings. The number of esters is 1. The molecule has 1 aliphatic heterocycles. The minimum absolute atomic E-state index is 0. The lowest BCUT2D eigenvalue weighted by molar-refractivity contribution is -0.123. The Labute approximate surface area is 246 Å². The molecule has 0 spiro atoms. The summed E-state index contributed by atoms with van der Waals surface area (Å²) >= 11 is 1.62. The van der Waals surface area contributed by atoms with E-state index in [0.717, 1.165) is 54.7 Å². The Morgan fingerprint density at radius 3 is 2.38 bits per heavy atom. The summed E-state index contributed by atoms with van der Waals surface area (Å²) in [6, 6.07) is 9.09. The molecule has 1 saturated heterocycles. The first-order valence-corrected chi connectivity index (χ1v) is 14.5. The summed E-state index contributed by atoms with van der Waals surface area (Å²) in [4.78, 5) is 46.4.